The summed E-state index contributed by atoms with van der Waals surface area (Å²) in [5.74, 6) is 0.209. The molecule has 0 bridgehead atoms. The second-order valence-corrected chi connectivity index (χ2v) is 6.99. The smallest absolute Gasteiger partial charge is 0.246 e. The van der Waals surface area contributed by atoms with E-state index in [0.29, 0.717) is 19.6 Å². The molecule has 0 saturated carbocycles. The van der Waals surface area contributed by atoms with Crippen LogP contribution in [-0.4, -0.2) is 32.4 Å². The van der Waals surface area contributed by atoms with Gasteiger partial charge < -0.3 is 5.73 Å². The van der Waals surface area contributed by atoms with Crippen LogP contribution in [0.15, 0.2) is 23.1 Å². The lowest BCUT2D eigenvalue weighted by molar-refractivity contribution is 0.459. The molecular formula is C11H14Cl2N2O2S. The van der Waals surface area contributed by atoms with Crippen molar-refractivity contribution in [1.82, 2.24) is 4.31 Å². The molecule has 100 valence electrons. The number of halogens is 2. The highest BCUT2D eigenvalue weighted by Gasteiger charge is 2.34. The van der Waals surface area contributed by atoms with E-state index in [1.165, 1.54) is 16.4 Å². The molecule has 1 aliphatic heterocycles. The van der Waals surface area contributed by atoms with Crippen molar-refractivity contribution in [3.8, 4) is 0 Å². The van der Waals surface area contributed by atoms with Crippen LogP contribution < -0.4 is 5.73 Å². The maximum atomic E-state index is 12.5. The van der Waals surface area contributed by atoms with Gasteiger partial charge in [0, 0.05) is 13.1 Å². The molecular weight excluding hydrogens is 295 g/mol. The van der Waals surface area contributed by atoms with Crippen LogP contribution in [0.3, 0.4) is 0 Å². The molecule has 0 aliphatic carbocycles. The fraction of sp³-hybridized carbons (Fsp3) is 0.455. The molecule has 0 aromatic heterocycles. The van der Waals surface area contributed by atoms with Crippen molar-refractivity contribution in [1.29, 1.82) is 0 Å². The van der Waals surface area contributed by atoms with Crippen molar-refractivity contribution in [2.24, 2.45) is 11.7 Å². The molecule has 0 radical (unpaired) electrons. The fourth-order valence-electron chi connectivity index (χ4n) is 2.07. The molecule has 18 heavy (non-hydrogen) atoms. The van der Waals surface area contributed by atoms with Crippen LogP contribution in [0.5, 0.6) is 0 Å². The van der Waals surface area contributed by atoms with Crippen molar-refractivity contribution in [3.63, 3.8) is 0 Å². The van der Waals surface area contributed by atoms with Crippen LogP contribution in [-0.2, 0) is 10.0 Å². The van der Waals surface area contributed by atoms with E-state index in [0.717, 1.165) is 6.42 Å². The summed E-state index contributed by atoms with van der Waals surface area (Å²) in [6.07, 6.45) is 0.776. The van der Waals surface area contributed by atoms with E-state index in [1.54, 1.807) is 6.07 Å². The SMILES string of the molecule is NCC1CCN(S(=O)(=O)c2c(Cl)cccc2Cl)C1. The lowest BCUT2D eigenvalue weighted by atomic mass is 10.1. The molecule has 1 atom stereocenters. The fourth-order valence-corrected chi connectivity index (χ4v) is 4.69. The quantitative estimate of drug-likeness (QED) is 0.928. The monoisotopic (exact) mass is 308 g/mol. The Kier molecular flexibility index (Phi) is 4.18. The van der Waals surface area contributed by atoms with E-state index in [9.17, 15) is 8.42 Å². The van der Waals surface area contributed by atoms with Gasteiger partial charge in [-0.1, -0.05) is 29.3 Å². The van der Waals surface area contributed by atoms with E-state index in [4.69, 9.17) is 28.9 Å². The van der Waals surface area contributed by atoms with Gasteiger partial charge in [0.1, 0.15) is 4.90 Å². The number of hydrogen-bond donors (Lipinski definition) is 1. The number of hydrogen-bond acceptors (Lipinski definition) is 3. The normalized spacial score (nSPS) is 21.4. The standard InChI is InChI=1S/C11H14Cl2N2O2S/c12-9-2-1-3-10(13)11(9)18(16,17)15-5-4-8(6-14)7-15/h1-3,8H,4-7,14H2. The van der Waals surface area contributed by atoms with Crippen molar-refractivity contribution in [3.05, 3.63) is 28.2 Å². The van der Waals surface area contributed by atoms with Gasteiger partial charge in [0.15, 0.2) is 0 Å². The lowest BCUT2D eigenvalue weighted by Crippen LogP contribution is -2.30. The van der Waals surface area contributed by atoms with Gasteiger partial charge in [-0.25, -0.2) is 8.42 Å². The molecule has 0 amide bonds. The Morgan fingerprint density at radius 2 is 1.94 bits per heavy atom. The highest BCUT2D eigenvalue weighted by molar-refractivity contribution is 7.89. The Labute approximate surface area is 117 Å². The van der Waals surface area contributed by atoms with E-state index in [1.807, 2.05) is 0 Å². The topological polar surface area (TPSA) is 63.4 Å². The average Bonchev–Trinajstić information content (AvgIpc) is 2.77. The van der Waals surface area contributed by atoms with Crippen LogP contribution in [0.2, 0.25) is 10.0 Å². The van der Waals surface area contributed by atoms with Crippen LogP contribution in [0, 0.1) is 5.92 Å². The molecule has 2 rings (SSSR count). The summed E-state index contributed by atoms with van der Waals surface area (Å²) in [5.41, 5.74) is 5.56. The van der Waals surface area contributed by atoms with Crippen LogP contribution in [0.25, 0.3) is 0 Å². The maximum Gasteiger partial charge on any atom is 0.246 e. The Hall–Kier alpha value is -0.330. The van der Waals surface area contributed by atoms with Crippen molar-refractivity contribution in [2.75, 3.05) is 19.6 Å². The van der Waals surface area contributed by atoms with Crippen LogP contribution in [0.1, 0.15) is 6.42 Å². The third-order valence-electron chi connectivity index (χ3n) is 3.10. The molecule has 1 aliphatic rings. The number of benzene rings is 1. The van der Waals surface area contributed by atoms with E-state index in [-0.39, 0.29) is 20.9 Å². The highest BCUT2D eigenvalue weighted by Crippen LogP contribution is 2.33. The molecule has 1 heterocycles. The van der Waals surface area contributed by atoms with E-state index < -0.39 is 10.0 Å². The zero-order chi connectivity index (χ0) is 13.3. The molecule has 1 aromatic carbocycles. The van der Waals surface area contributed by atoms with Crippen LogP contribution in [0.4, 0.5) is 0 Å². The first kappa shape index (κ1) is 14.1. The number of nitrogens with zero attached hydrogens (tertiary/aromatic N) is 1. The zero-order valence-electron chi connectivity index (χ0n) is 9.64. The first-order valence-electron chi connectivity index (χ1n) is 5.61. The molecule has 7 heteroatoms. The number of rotatable bonds is 3. The molecule has 1 aromatic rings. The second-order valence-electron chi connectivity index (χ2n) is 4.30. The van der Waals surface area contributed by atoms with Crippen molar-refractivity contribution in [2.45, 2.75) is 11.3 Å². The minimum Gasteiger partial charge on any atom is -0.330 e. The van der Waals surface area contributed by atoms with Gasteiger partial charge in [0.05, 0.1) is 10.0 Å². The molecule has 1 unspecified atom stereocenters. The Balaban J connectivity index is 2.38. The number of sulfonamides is 1. The molecule has 0 spiro atoms. The van der Waals surface area contributed by atoms with E-state index in [2.05, 4.69) is 0 Å². The summed E-state index contributed by atoms with van der Waals surface area (Å²) < 4.78 is 26.3. The summed E-state index contributed by atoms with van der Waals surface area (Å²) in [6, 6.07) is 4.67. The van der Waals surface area contributed by atoms with Crippen molar-refractivity contribution >= 4 is 33.2 Å². The minimum absolute atomic E-state index is 0.00833. The number of nitrogens with two attached hydrogens (primary N) is 1. The lowest BCUT2D eigenvalue weighted by Gasteiger charge is -2.18. The maximum absolute atomic E-state index is 12.5. The third-order valence-corrected chi connectivity index (χ3v) is 5.92. The van der Waals surface area contributed by atoms with Gasteiger partial charge in [-0.15, -0.1) is 0 Å². The first-order chi connectivity index (χ1) is 8.46. The molecule has 2 N–H and O–H groups in total. The molecule has 4 nitrogen and oxygen atoms in total. The summed E-state index contributed by atoms with van der Waals surface area (Å²) in [7, 11) is -3.63. The van der Waals surface area contributed by atoms with Gasteiger partial charge in [0.2, 0.25) is 10.0 Å². The zero-order valence-corrected chi connectivity index (χ0v) is 12.0. The van der Waals surface area contributed by atoms with Crippen LogP contribution >= 0.6 is 23.2 Å². The van der Waals surface area contributed by atoms with Crippen molar-refractivity contribution < 1.29 is 8.42 Å². The summed E-state index contributed by atoms with van der Waals surface area (Å²) in [4.78, 5) is -0.00833. The third kappa shape index (κ3) is 2.51. The Morgan fingerprint density at radius 3 is 2.44 bits per heavy atom. The van der Waals surface area contributed by atoms with Gasteiger partial charge in [0.25, 0.3) is 0 Å². The molecule has 1 fully saturated rings. The van der Waals surface area contributed by atoms with Gasteiger partial charge in [-0.3, -0.25) is 0 Å². The van der Waals surface area contributed by atoms with Gasteiger partial charge >= 0.3 is 0 Å². The summed E-state index contributed by atoms with van der Waals surface area (Å²) in [5, 5.41) is 0.303. The summed E-state index contributed by atoms with van der Waals surface area (Å²) >= 11 is 11.9. The first-order valence-corrected chi connectivity index (χ1v) is 7.80. The predicted molar refractivity (Wildman–Crippen MR) is 72.4 cm³/mol. The van der Waals surface area contributed by atoms with Gasteiger partial charge in [-0.05, 0) is 31.0 Å². The molecule has 1 saturated heterocycles. The average molecular weight is 309 g/mol. The Morgan fingerprint density at radius 1 is 1.33 bits per heavy atom. The minimum atomic E-state index is -3.63. The summed E-state index contributed by atoms with van der Waals surface area (Å²) in [6.45, 7) is 1.38. The highest BCUT2D eigenvalue weighted by atomic mass is 35.5. The van der Waals surface area contributed by atoms with E-state index >= 15 is 0 Å². The van der Waals surface area contributed by atoms with Gasteiger partial charge in [-0.2, -0.15) is 4.31 Å². The largest absolute Gasteiger partial charge is 0.330 e. The Bertz CT molecular complexity index is 528. The second kappa shape index (κ2) is 5.35. The predicted octanol–water partition coefficient (Wildman–Crippen LogP) is 1.96.